The van der Waals surface area contributed by atoms with Gasteiger partial charge in [0.25, 0.3) is 0 Å². The average molecular weight is 264 g/mol. The van der Waals surface area contributed by atoms with Crippen LogP contribution in [0.2, 0.25) is 0 Å². The van der Waals surface area contributed by atoms with Gasteiger partial charge in [-0.2, -0.15) is 0 Å². The van der Waals surface area contributed by atoms with Crippen LogP contribution in [0.15, 0.2) is 48.1 Å². The first-order chi connectivity index (χ1) is 9.10. The predicted molar refractivity (Wildman–Crippen MR) is 70.9 cm³/mol. The van der Waals surface area contributed by atoms with Gasteiger partial charge in [0.15, 0.2) is 0 Å². The molecule has 1 aromatic rings. The Bertz CT molecular complexity index is 475. The largest absolute Gasteiger partial charge is 0.463 e. The number of aliphatic hydroxyl groups is 1. The molecule has 0 aliphatic rings. The number of hydrogen-bond donors (Lipinski definition) is 1. The minimum atomic E-state index is -1.14. The normalized spacial score (nSPS) is 13.6. The van der Waals surface area contributed by atoms with Crippen LogP contribution in [0.4, 0.5) is 4.39 Å². The molecule has 0 spiro atoms. The molecule has 1 unspecified atom stereocenters. The molecule has 0 aliphatic carbocycles. The SMILES string of the molecule is C/C=C/C=C(/C(=O)OCC)C(O)c1ccc(F)cc1. The van der Waals surface area contributed by atoms with Crippen LogP contribution in [-0.4, -0.2) is 17.7 Å². The van der Waals surface area contributed by atoms with Gasteiger partial charge in [-0.3, -0.25) is 0 Å². The van der Waals surface area contributed by atoms with Gasteiger partial charge in [0, 0.05) is 0 Å². The number of rotatable bonds is 5. The summed E-state index contributed by atoms with van der Waals surface area (Å²) in [5.74, 6) is -0.983. The molecular weight excluding hydrogens is 247 g/mol. The van der Waals surface area contributed by atoms with E-state index < -0.39 is 17.9 Å². The third-order valence-electron chi connectivity index (χ3n) is 2.46. The summed E-state index contributed by atoms with van der Waals surface area (Å²) in [5, 5.41) is 10.2. The number of allylic oxidation sites excluding steroid dienone is 3. The Balaban J connectivity index is 3.03. The first-order valence-electron chi connectivity index (χ1n) is 6.03. The standard InChI is InChI=1S/C15H17FO3/c1-3-5-6-13(15(18)19-4-2)14(17)11-7-9-12(16)10-8-11/h3,5-10,14,17H,4H2,1-2H3/b5-3+,13-6+. The molecule has 19 heavy (non-hydrogen) atoms. The van der Waals surface area contributed by atoms with Gasteiger partial charge in [-0.15, -0.1) is 0 Å². The number of aliphatic hydroxyl groups excluding tert-OH is 1. The zero-order chi connectivity index (χ0) is 14.3. The highest BCUT2D eigenvalue weighted by Crippen LogP contribution is 2.23. The summed E-state index contributed by atoms with van der Waals surface area (Å²) in [4.78, 5) is 11.8. The van der Waals surface area contributed by atoms with E-state index in [0.29, 0.717) is 5.56 Å². The van der Waals surface area contributed by atoms with Crippen molar-refractivity contribution >= 4 is 5.97 Å². The summed E-state index contributed by atoms with van der Waals surface area (Å²) in [6.07, 6.45) is 3.72. The summed E-state index contributed by atoms with van der Waals surface area (Å²) in [6, 6.07) is 5.33. The second kappa shape index (κ2) is 7.48. The number of hydrogen-bond acceptors (Lipinski definition) is 3. The smallest absolute Gasteiger partial charge is 0.337 e. The molecule has 1 aromatic carbocycles. The molecule has 4 heteroatoms. The molecule has 3 nitrogen and oxygen atoms in total. The number of benzene rings is 1. The highest BCUT2D eigenvalue weighted by molar-refractivity contribution is 5.90. The zero-order valence-corrected chi connectivity index (χ0v) is 11.0. The van der Waals surface area contributed by atoms with Crippen molar-refractivity contribution < 1.29 is 19.0 Å². The second-order valence-electron chi connectivity index (χ2n) is 3.82. The van der Waals surface area contributed by atoms with Crippen LogP contribution >= 0.6 is 0 Å². The maximum atomic E-state index is 12.8. The summed E-state index contributed by atoms with van der Waals surface area (Å²) < 4.78 is 17.7. The summed E-state index contributed by atoms with van der Waals surface area (Å²) in [6.45, 7) is 3.71. The lowest BCUT2D eigenvalue weighted by Crippen LogP contribution is -2.14. The molecule has 1 rings (SSSR count). The maximum Gasteiger partial charge on any atom is 0.337 e. The van der Waals surface area contributed by atoms with Crippen molar-refractivity contribution in [3.8, 4) is 0 Å². The fraction of sp³-hybridized carbons (Fsp3) is 0.267. The van der Waals surface area contributed by atoms with E-state index in [4.69, 9.17) is 4.74 Å². The molecule has 1 N–H and O–H groups in total. The van der Waals surface area contributed by atoms with Crippen molar-refractivity contribution in [2.75, 3.05) is 6.61 Å². The number of carbonyl (C=O) groups is 1. The van der Waals surface area contributed by atoms with Gasteiger partial charge >= 0.3 is 5.97 Å². The highest BCUT2D eigenvalue weighted by atomic mass is 19.1. The maximum absolute atomic E-state index is 12.8. The topological polar surface area (TPSA) is 46.5 Å². The van der Waals surface area contributed by atoms with Gasteiger partial charge in [0.2, 0.25) is 0 Å². The monoisotopic (exact) mass is 264 g/mol. The predicted octanol–water partition coefficient (Wildman–Crippen LogP) is 2.92. The molecule has 0 heterocycles. The van der Waals surface area contributed by atoms with E-state index in [1.807, 2.05) is 0 Å². The van der Waals surface area contributed by atoms with Crippen LogP contribution in [-0.2, 0) is 9.53 Å². The van der Waals surface area contributed by atoms with Gasteiger partial charge in [-0.1, -0.05) is 24.3 Å². The molecule has 0 fully saturated rings. The van der Waals surface area contributed by atoms with Crippen LogP contribution in [0, 0.1) is 5.82 Å². The van der Waals surface area contributed by atoms with E-state index in [1.54, 1.807) is 26.0 Å². The quantitative estimate of drug-likeness (QED) is 0.505. The first kappa shape index (κ1) is 15.1. The third kappa shape index (κ3) is 4.34. The van der Waals surface area contributed by atoms with Crippen molar-refractivity contribution in [3.63, 3.8) is 0 Å². The number of ether oxygens (including phenoxy) is 1. The lowest BCUT2D eigenvalue weighted by molar-refractivity contribution is -0.139. The number of halogens is 1. The van der Waals surface area contributed by atoms with Crippen LogP contribution in [0.1, 0.15) is 25.5 Å². The lowest BCUT2D eigenvalue weighted by Gasteiger charge is -2.14. The van der Waals surface area contributed by atoms with E-state index in [-0.39, 0.29) is 12.2 Å². The van der Waals surface area contributed by atoms with Gasteiger partial charge in [-0.05, 0) is 37.6 Å². The number of carbonyl (C=O) groups excluding carboxylic acids is 1. The van der Waals surface area contributed by atoms with Crippen LogP contribution in [0.5, 0.6) is 0 Å². The summed E-state index contributed by atoms with van der Waals surface area (Å²) >= 11 is 0. The van der Waals surface area contributed by atoms with E-state index in [9.17, 15) is 14.3 Å². The molecule has 0 amide bonds. The molecule has 0 radical (unpaired) electrons. The lowest BCUT2D eigenvalue weighted by atomic mass is 10.0. The van der Waals surface area contributed by atoms with Gasteiger partial charge < -0.3 is 9.84 Å². The average Bonchev–Trinajstić information content (AvgIpc) is 2.40. The summed E-state index contributed by atoms with van der Waals surface area (Å²) in [5.41, 5.74) is 0.553. The van der Waals surface area contributed by atoms with Gasteiger partial charge in [0.1, 0.15) is 11.9 Å². The Morgan fingerprint density at radius 2 is 2.05 bits per heavy atom. The second-order valence-corrected chi connectivity index (χ2v) is 3.82. The molecular formula is C15H17FO3. The van der Waals surface area contributed by atoms with Gasteiger partial charge in [0.05, 0.1) is 12.2 Å². The Kier molecular flexibility index (Phi) is 5.96. The van der Waals surface area contributed by atoms with Crippen molar-refractivity contribution in [2.24, 2.45) is 0 Å². The van der Waals surface area contributed by atoms with E-state index in [1.165, 1.54) is 30.3 Å². The molecule has 1 atom stereocenters. The van der Waals surface area contributed by atoms with Crippen molar-refractivity contribution in [2.45, 2.75) is 20.0 Å². The van der Waals surface area contributed by atoms with Crippen LogP contribution < -0.4 is 0 Å². The van der Waals surface area contributed by atoms with Gasteiger partial charge in [-0.25, -0.2) is 9.18 Å². The molecule has 0 bridgehead atoms. The Morgan fingerprint density at radius 3 is 2.58 bits per heavy atom. The molecule has 0 saturated heterocycles. The fourth-order valence-electron chi connectivity index (χ4n) is 1.51. The zero-order valence-electron chi connectivity index (χ0n) is 11.0. The molecule has 102 valence electrons. The minimum absolute atomic E-state index is 0.117. The third-order valence-corrected chi connectivity index (χ3v) is 2.46. The fourth-order valence-corrected chi connectivity index (χ4v) is 1.51. The van der Waals surface area contributed by atoms with E-state index >= 15 is 0 Å². The van der Waals surface area contributed by atoms with Crippen LogP contribution in [0.25, 0.3) is 0 Å². The summed E-state index contributed by atoms with van der Waals surface area (Å²) in [7, 11) is 0. The first-order valence-corrected chi connectivity index (χ1v) is 6.03. The Hall–Kier alpha value is -1.94. The molecule has 0 aliphatic heterocycles. The highest BCUT2D eigenvalue weighted by Gasteiger charge is 2.21. The van der Waals surface area contributed by atoms with Crippen molar-refractivity contribution in [1.29, 1.82) is 0 Å². The Morgan fingerprint density at radius 1 is 1.42 bits per heavy atom. The van der Waals surface area contributed by atoms with Crippen molar-refractivity contribution in [1.82, 2.24) is 0 Å². The van der Waals surface area contributed by atoms with Crippen LogP contribution in [0.3, 0.4) is 0 Å². The van der Waals surface area contributed by atoms with E-state index in [0.717, 1.165) is 0 Å². The number of esters is 1. The molecule has 0 aromatic heterocycles. The van der Waals surface area contributed by atoms with E-state index in [2.05, 4.69) is 0 Å². The Labute approximate surface area is 112 Å². The van der Waals surface area contributed by atoms with Crippen molar-refractivity contribution in [3.05, 3.63) is 59.4 Å². The molecule has 0 saturated carbocycles. The minimum Gasteiger partial charge on any atom is -0.463 e.